The smallest absolute Gasteiger partial charge is 0.123 e. The van der Waals surface area contributed by atoms with Crippen molar-refractivity contribution in [3.05, 3.63) is 71.0 Å². The number of benzene rings is 2. The quantitative estimate of drug-likeness (QED) is 0.661. The molecule has 4 unspecified atom stereocenters. The van der Waals surface area contributed by atoms with Crippen LogP contribution in [0.2, 0.25) is 0 Å². The van der Waals surface area contributed by atoms with Gasteiger partial charge in [0.15, 0.2) is 0 Å². The molecule has 20 heavy (non-hydrogen) atoms. The Morgan fingerprint density at radius 2 is 1.80 bits per heavy atom. The Hall–Kier alpha value is -1.15. The summed E-state index contributed by atoms with van der Waals surface area (Å²) in [5, 5.41) is 0. The molecular formula is C18H16BrF. The minimum atomic E-state index is -0.160. The van der Waals surface area contributed by atoms with Gasteiger partial charge in [0.1, 0.15) is 5.82 Å². The summed E-state index contributed by atoms with van der Waals surface area (Å²) < 4.78 is 13.0. The van der Waals surface area contributed by atoms with Gasteiger partial charge in [-0.25, -0.2) is 4.39 Å². The lowest BCUT2D eigenvalue weighted by atomic mass is 9.92. The zero-order chi connectivity index (χ0) is 13.7. The van der Waals surface area contributed by atoms with Crippen molar-refractivity contribution < 1.29 is 4.39 Å². The van der Waals surface area contributed by atoms with Crippen LogP contribution in [0.3, 0.4) is 0 Å². The van der Waals surface area contributed by atoms with E-state index in [0.717, 1.165) is 5.92 Å². The minimum absolute atomic E-state index is 0.160. The van der Waals surface area contributed by atoms with Crippen LogP contribution in [0.25, 0.3) is 0 Å². The molecular weight excluding hydrogens is 315 g/mol. The van der Waals surface area contributed by atoms with E-state index in [2.05, 4.69) is 40.2 Å². The van der Waals surface area contributed by atoms with Crippen LogP contribution in [0.4, 0.5) is 4.39 Å². The van der Waals surface area contributed by atoms with E-state index in [0.29, 0.717) is 16.7 Å². The SMILES string of the molecule is Fc1ccc(C(Br)C2C3CCc4ccccc4C32)cc1. The molecule has 0 amide bonds. The van der Waals surface area contributed by atoms with Crippen LogP contribution in [0.1, 0.15) is 33.9 Å². The molecule has 4 atom stereocenters. The van der Waals surface area contributed by atoms with Gasteiger partial charge in [-0.2, -0.15) is 0 Å². The Morgan fingerprint density at radius 1 is 1.05 bits per heavy atom. The molecule has 0 aliphatic heterocycles. The van der Waals surface area contributed by atoms with E-state index in [1.165, 1.54) is 24.0 Å². The standard InChI is InChI=1S/C18H16BrF/c19-18(12-5-8-13(20)9-6-12)17-15-10-7-11-3-1-2-4-14(11)16(15)17/h1-6,8-9,15-18H,7,10H2. The summed E-state index contributed by atoms with van der Waals surface area (Å²) in [6, 6.07) is 15.8. The van der Waals surface area contributed by atoms with Crippen LogP contribution in [0.15, 0.2) is 48.5 Å². The predicted molar refractivity (Wildman–Crippen MR) is 82.6 cm³/mol. The van der Waals surface area contributed by atoms with E-state index in [1.807, 2.05) is 12.1 Å². The molecule has 1 saturated carbocycles. The summed E-state index contributed by atoms with van der Waals surface area (Å²) in [4.78, 5) is 0.337. The third-order valence-electron chi connectivity index (χ3n) is 4.92. The van der Waals surface area contributed by atoms with Crippen LogP contribution in [0, 0.1) is 17.7 Å². The number of aryl methyl sites for hydroxylation is 1. The molecule has 2 aliphatic carbocycles. The van der Waals surface area contributed by atoms with E-state index in [1.54, 1.807) is 17.7 Å². The van der Waals surface area contributed by atoms with E-state index < -0.39 is 0 Å². The zero-order valence-electron chi connectivity index (χ0n) is 11.1. The third kappa shape index (κ3) is 1.93. The molecule has 0 N–H and O–H groups in total. The van der Waals surface area contributed by atoms with Crippen molar-refractivity contribution in [2.75, 3.05) is 0 Å². The van der Waals surface area contributed by atoms with Gasteiger partial charge in [0.25, 0.3) is 0 Å². The number of rotatable bonds is 2. The van der Waals surface area contributed by atoms with E-state index >= 15 is 0 Å². The maximum absolute atomic E-state index is 13.0. The molecule has 2 aromatic carbocycles. The average Bonchev–Trinajstić information content (AvgIpc) is 3.22. The van der Waals surface area contributed by atoms with Crippen LogP contribution in [-0.4, -0.2) is 0 Å². The first-order chi connectivity index (χ1) is 9.75. The van der Waals surface area contributed by atoms with Crippen molar-refractivity contribution in [2.24, 2.45) is 11.8 Å². The second-order valence-corrected chi connectivity index (χ2v) is 6.94. The topological polar surface area (TPSA) is 0 Å². The summed E-state index contributed by atoms with van der Waals surface area (Å²) in [6.07, 6.45) is 2.49. The molecule has 2 heteroatoms. The molecule has 0 spiro atoms. The summed E-state index contributed by atoms with van der Waals surface area (Å²) >= 11 is 3.86. The number of fused-ring (bicyclic) bond motifs is 3. The molecule has 102 valence electrons. The van der Waals surface area contributed by atoms with Gasteiger partial charge in [0.2, 0.25) is 0 Å². The van der Waals surface area contributed by atoms with Crippen molar-refractivity contribution in [3.63, 3.8) is 0 Å². The van der Waals surface area contributed by atoms with Gasteiger partial charge in [-0.3, -0.25) is 0 Å². The maximum atomic E-state index is 13.0. The first-order valence-electron chi connectivity index (χ1n) is 7.23. The first kappa shape index (κ1) is 12.6. The minimum Gasteiger partial charge on any atom is -0.207 e. The normalized spacial score (nSPS) is 28.4. The van der Waals surface area contributed by atoms with Gasteiger partial charge < -0.3 is 0 Å². The number of hydrogen-bond donors (Lipinski definition) is 0. The van der Waals surface area contributed by atoms with Crippen LogP contribution in [0.5, 0.6) is 0 Å². The number of halogens is 2. The summed E-state index contributed by atoms with van der Waals surface area (Å²) in [7, 11) is 0. The summed E-state index contributed by atoms with van der Waals surface area (Å²) in [6.45, 7) is 0. The molecule has 0 heterocycles. The van der Waals surface area contributed by atoms with Crippen LogP contribution < -0.4 is 0 Å². The molecule has 0 bridgehead atoms. The summed E-state index contributed by atoms with van der Waals surface area (Å²) in [5.74, 6) is 1.98. The molecule has 4 rings (SSSR count). The molecule has 0 radical (unpaired) electrons. The first-order valence-corrected chi connectivity index (χ1v) is 8.14. The Kier molecular flexibility index (Phi) is 2.95. The highest BCUT2D eigenvalue weighted by Gasteiger charge is 2.55. The lowest BCUT2D eigenvalue weighted by Gasteiger charge is -2.13. The van der Waals surface area contributed by atoms with Crippen molar-refractivity contribution in [1.82, 2.24) is 0 Å². The fourth-order valence-electron chi connectivity index (χ4n) is 3.89. The molecule has 0 nitrogen and oxygen atoms in total. The second-order valence-electron chi connectivity index (χ2n) is 5.96. The van der Waals surface area contributed by atoms with E-state index in [9.17, 15) is 4.39 Å². The van der Waals surface area contributed by atoms with Gasteiger partial charge in [0, 0.05) is 4.83 Å². The Bertz CT molecular complexity index is 634. The maximum Gasteiger partial charge on any atom is 0.123 e. The highest BCUT2D eigenvalue weighted by molar-refractivity contribution is 9.09. The summed E-state index contributed by atoms with van der Waals surface area (Å²) in [5.41, 5.74) is 4.26. The lowest BCUT2D eigenvalue weighted by molar-refractivity contribution is 0.619. The van der Waals surface area contributed by atoms with Gasteiger partial charge in [-0.15, -0.1) is 0 Å². The zero-order valence-corrected chi connectivity index (χ0v) is 12.7. The third-order valence-corrected chi connectivity index (χ3v) is 6.06. The lowest BCUT2D eigenvalue weighted by Crippen LogP contribution is -2.00. The monoisotopic (exact) mass is 330 g/mol. The molecule has 0 saturated heterocycles. The fourth-order valence-corrected chi connectivity index (χ4v) is 4.91. The molecule has 1 fully saturated rings. The van der Waals surface area contributed by atoms with Gasteiger partial charge in [-0.05, 0) is 59.4 Å². The molecule has 2 aliphatic rings. The highest BCUT2D eigenvalue weighted by atomic mass is 79.9. The van der Waals surface area contributed by atoms with Crippen molar-refractivity contribution in [2.45, 2.75) is 23.6 Å². The fraction of sp³-hybridized carbons (Fsp3) is 0.333. The van der Waals surface area contributed by atoms with Gasteiger partial charge >= 0.3 is 0 Å². The van der Waals surface area contributed by atoms with Crippen LogP contribution in [-0.2, 0) is 6.42 Å². The van der Waals surface area contributed by atoms with Crippen LogP contribution >= 0.6 is 15.9 Å². The highest BCUT2D eigenvalue weighted by Crippen LogP contribution is 2.66. The van der Waals surface area contributed by atoms with Gasteiger partial charge in [-0.1, -0.05) is 52.3 Å². The molecule has 0 aromatic heterocycles. The largest absolute Gasteiger partial charge is 0.207 e. The Morgan fingerprint density at radius 3 is 2.60 bits per heavy atom. The number of alkyl halides is 1. The van der Waals surface area contributed by atoms with E-state index in [4.69, 9.17) is 0 Å². The van der Waals surface area contributed by atoms with Crippen molar-refractivity contribution in [1.29, 1.82) is 0 Å². The molecule has 2 aromatic rings. The van der Waals surface area contributed by atoms with Crippen molar-refractivity contribution >= 4 is 15.9 Å². The van der Waals surface area contributed by atoms with E-state index in [-0.39, 0.29) is 5.82 Å². The Balaban J connectivity index is 1.62. The van der Waals surface area contributed by atoms with Gasteiger partial charge in [0.05, 0.1) is 0 Å². The second kappa shape index (κ2) is 4.70. The average molecular weight is 331 g/mol. The Labute approximate surface area is 127 Å². The van der Waals surface area contributed by atoms with Crippen molar-refractivity contribution in [3.8, 4) is 0 Å². The number of hydrogen-bond acceptors (Lipinski definition) is 0. The predicted octanol–water partition coefficient (Wildman–Crippen LogP) is 5.24.